The molecule has 3 aromatic carbocycles. The average Bonchev–Trinajstić information content (AvgIpc) is 2.68. The van der Waals surface area contributed by atoms with Gasteiger partial charge < -0.3 is 9.47 Å². The van der Waals surface area contributed by atoms with Crippen LogP contribution >= 0.6 is 0 Å². The van der Waals surface area contributed by atoms with Crippen molar-refractivity contribution in [1.82, 2.24) is 0 Å². The molecule has 0 saturated carbocycles. The molecule has 0 radical (unpaired) electrons. The van der Waals surface area contributed by atoms with E-state index in [0.717, 1.165) is 11.6 Å². The monoisotopic (exact) mass is 398 g/mol. The molecule has 28 heavy (non-hydrogen) atoms. The lowest BCUT2D eigenvalue weighted by molar-refractivity contribution is 0.103. The van der Waals surface area contributed by atoms with Crippen LogP contribution in [0.4, 0.5) is 0 Å². The standard InChI is InChI=1S/C21H18O6S/c1-14-3-5-15(6-4-14)21(22)16-7-12-19(20(13-16)28(23,24)25)27-18-10-8-17(26-2)9-11-18/h3-13H,1-2H3,(H,23,24,25). The Bertz CT molecular complexity index is 1100. The maximum atomic E-state index is 12.6. The number of carbonyl (C=O) groups is 1. The number of hydrogen-bond acceptors (Lipinski definition) is 5. The van der Waals surface area contributed by atoms with Crippen LogP contribution in [0.3, 0.4) is 0 Å². The van der Waals surface area contributed by atoms with E-state index in [1.54, 1.807) is 48.5 Å². The molecule has 3 rings (SSSR count). The third-order valence-electron chi connectivity index (χ3n) is 4.08. The van der Waals surface area contributed by atoms with Crippen LogP contribution in [0.25, 0.3) is 0 Å². The maximum Gasteiger partial charge on any atom is 0.298 e. The Morgan fingerprint density at radius 1 is 0.857 bits per heavy atom. The smallest absolute Gasteiger partial charge is 0.298 e. The summed E-state index contributed by atoms with van der Waals surface area (Å²) >= 11 is 0. The normalized spacial score (nSPS) is 11.1. The Hall–Kier alpha value is -3.16. The van der Waals surface area contributed by atoms with Crippen LogP contribution in [-0.2, 0) is 10.1 Å². The van der Waals surface area contributed by atoms with E-state index in [1.165, 1.54) is 19.2 Å². The first-order valence-corrected chi connectivity index (χ1v) is 9.77. The molecule has 0 spiro atoms. The Morgan fingerprint density at radius 3 is 2.00 bits per heavy atom. The molecule has 0 aliphatic carbocycles. The summed E-state index contributed by atoms with van der Waals surface area (Å²) in [5, 5.41) is 0. The first-order valence-electron chi connectivity index (χ1n) is 8.33. The molecule has 1 N–H and O–H groups in total. The van der Waals surface area contributed by atoms with Gasteiger partial charge in [-0.05, 0) is 49.4 Å². The van der Waals surface area contributed by atoms with Gasteiger partial charge in [0.1, 0.15) is 22.1 Å². The number of ketones is 1. The highest BCUT2D eigenvalue weighted by molar-refractivity contribution is 7.86. The van der Waals surface area contributed by atoms with Gasteiger partial charge in [0.25, 0.3) is 10.1 Å². The van der Waals surface area contributed by atoms with Crippen LogP contribution in [0, 0.1) is 6.92 Å². The van der Waals surface area contributed by atoms with Gasteiger partial charge in [-0.25, -0.2) is 0 Å². The van der Waals surface area contributed by atoms with E-state index >= 15 is 0 Å². The molecule has 0 amide bonds. The Balaban J connectivity index is 1.97. The number of methoxy groups -OCH3 is 1. The maximum absolute atomic E-state index is 12.6. The second-order valence-corrected chi connectivity index (χ2v) is 7.50. The largest absolute Gasteiger partial charge is 0.497 e. The summed E-state index contributed by atoms with van der Waals surface area (Å²) in [7, 11) is -3.09. The SMILES string of the molecule is COc1ccc(Oc2ccc(C(=O)c3ccc(C)cc3)cc2S(=O)(=O)O)cc1. The molecule has 0 fully saturated rings. The summed E-state index contributed by atoms with van der Waals surface area (Å²) in [6, 6.07) is 17.3. The molecule has 0 saturated heterocycles. The van der Waals surface area contributed by atoms with Crippen molar-refractivity contribution in [3.8, 4) is 17.2 Å². The number of rotatable bonds is 6. The quantitative estimate of drug-likeness (QED) is 0.493. The van der Waals surface area contributed by atoms with Crippen LogP contribution in [0.2, 0.25) is 0 Å². The second-order valence-electron chi connectivity index (χ2n) is 6.11. The van der Waals surface area contributed by atoms with E-state index < -0.39 is 15.0 Å². The third-order valence-corrected chi connectivity index (χ3v) is 4.96. The molecule has 144 valence electrons. The fraction of sp³-hybridized carbons (Fsp3) is 0.0952. The zero-order valence-electron chi connectivity index (χ0n) is 15.2. The van der Waals surface area contributed by atoms with Crippen molar-refractivity contribution < 1.29 is 27.2 Å². The zero-order valence-corrected chi connectivity index (χ0v) is 16.1. The Kier molecular flexibility index (Phi) is 5.48. The minimum absolute atomic E-state index is 0.0897. The molecule has 0 aromatic heterocycles. The van der Waals surface area contributed by atoms with E-state index in [4.69, 9.17) is 9.47 Å². The molecule has 0 unspecified atom stereocenters. The highest BCUT2D eigenvalue weighted by Crippen LogP contribution is 2.31. The van der Waals surface area contributed by atoms with Crippen molar-refractivity contribution in [2.45, 2.75) is 11.8 Å². The highest BCUT2D eigenvalue weighted by Gasteiger charge is 2.21. The fourth-order valence-electron chi connectivity index (χ4n) is 2.58. The zero-order chi connectivity index (χ0) is 20.3. The van der Waals surface area contributed by atoms with Crippen LogP contribution in [0.15, 0.2) is 71.6 Å². The van der Waals surface area contributed by atoms with Gasteiger partial charge in [0.2, 0.25) is 0 Å². The van der Waals surface area contributed by atoms with Crippen LogP contribution in [0.5, 0.6) is 17.2 Å². The molecule has 6 nitrogen and oxygen atoms in total. The van der Waals surface area contributed by atoms with E-state index in [0.29, 0.717) is 17.1 Å². The van der Waals surface area contributed by atoms with E-state index in [-0.39, 0.29) is 17.1 Å². The summed E-state index contributed by atoms with van der Waals surface area (Å²) in [4.78, 5) is 12.2. The van der Waals surface area contributed by atoms with Crippen LogP contribution < -0.4 is 9.47 Å². The van der Waals surface area contributed by atoms with Crippen molar-refractivity contribution in [3.05, 3.63) is 83.4 Å². The van der Waals surface area contributed by atoms with E-state index in [1.807, 2.05) is 6.92 Å². The van der Waals surface area contributed by atoms with Crippen molar-refractivity contribution in [2.24, 2.45) is 0 Å². The molecule has 3 aromatic rings. The molecular formula is C21H18O6S. The van der Waals surface area contributed by atoms with Gasteiger partial charge >= 0.3 is 0 Å². The van der Waals surface area contributed by atoms with Gasteiger partial charge in [0, 0.05) is 11.1 Å². The lowest BCUT2D eigenvalue weighted by Gasteiger charge is -2.11. The van der Waals surface area contributed by atoms with Gasteiger partial charge in [-0.2, -0.15) is 8.42 Å². The third kappa shape index (κ3) is 4.39. The first-order chi connectivity index (χ1) is 13.3. The predicted octanol–water partition coefficient (Wildman–Crippen LogP) is 4.27. The first kappa shape index (κ1) is 19.6. The van der Waals surface area contributed by atoms with E-state index in [2.05, 4.69) is 0 Å². The number of hydrogen-bond donors (Lipinski definition) is 1. The Labute approximate surface area is 163 Å². The van der Waals surface area contributed by atoms with E-state index in [9.17, 15) is 17.8 Å². The second kappa shape index (κ2) is 7.84. The number of aryl methyl sites for hydroxylation is 1. The van der Waals surface area contributed by atoms with Gasteiger partial charge in [0.05, 0.1) is 7.11 Å². The topological polar surface area (TPSA) is 89.9 Å². The summed E-state index contributed by atoms with van der Waals surface area (Å²) < 4.78 is 43.9. The average molecular weight is 398 g/mol. The summed E-state index contributed by atoms with van der Waals surface area (Å²) in [5.41, 5.74) is 1.53. The fourth-order valence-corrected chi connectivity index (χ4v) is 3.22. The minimum atomic E-state index is -4.61. The van der Waals surface area contributed by atoms with Crippen molar-refractivity contribution >= 4 is 15.9 Å². The van der Waals surface area contributed by atoms with Gasteiger partial charge in [-0.3, -0.25) is 9.35 Å². The number of carbonyl (C=O) groups excluding carboxylic acids is 1. The van der Waals surface area contributed by atoms with Gasteiger partial charge in [-0.15, -0.1) is 0 Å². The van der Waals surface area contributed by atoms with Crippen LogP contribution in [-0.4, -0.2) is 25.9 Å². The summed E-state index contributed by atoms with van der Waals surface area (Å²) in [6.45, 7) is 1.90. The molecular weight excluding hydrogens is 380 g/mol. The Morgan fingerprint density at radius 2 is 1.43 bits per heavy atom. The van der Waals surface area contributed by atoms with Crippen molar-refractivity contribution in [2.75, 3.05) is 7.11 Å². The molecule has 0 bridgehead atoms. The molecule has 0 aliphatic heterocycles. The number of ether oxygens (including phenoxy) is 2. The lowest BCUT2D eigenvalue weighted by atomic mass is 10.0. The molecule has 0 heterocycles. The molecule has 0 atom stereocenters. The summed E-state index contributed by atoms with van der Waals surface area (Å²) in [6.07, 6.45) is 0. The van der Waals surface area contributed by atoms with Gasteiger partial charge in [0.15, 0.2) is 5.78 Å². The van der Waals surface area contributed by atoms with Crippen molar-refractivity contribution in [1.29, 1.82) is 0 Å². The van der Waals surface area contributed by atoms with Crippen molar-refractivity contribution in [3.63, 3.8) is 0 Å². The molecule has 7 heteroatoms. The van der Waals surface area contributed by atoms with Crippen LogP contribution in [0.1, 0.15) is 21.5 Å². The molecule has 0 aliphatic rings. The van der Waals surface area contributed by atoms with Gasteiger partial charge in [-0.1, -0.05) is 29.8 Å². The predicted molar refractivity (Wildman–Crippen MR) is 104 cm³/mol. The summed E-state index contributed by atoms with van der Waals surface area (Å²) in [5.74, 6) is 0.513. The number of benzene rings is 3. The lowest BCUT2D eigenvalue weighted by Crippen LogP contribution is -2.06. The minimum Gasteiger partial charge on any atom is -0.497 e. The highest BCUT2D eigenvalue weighted by atomic mass is 32.2.